The number of halogens is 1. The van der Waals surface area contributed by atoms with Crippen molar-refractivity contribution in [3.8, 4) is 5.75 Å². The average Bonchev–Trinajstić information content (AvgIpc) is 2.41. The summed E-state index contributed by atoms with van der Waals surface area (Å²) in [5, 5.41) is 2.96. The van der Waals surface area contributed by atoms with Crippen LogP contribution in [0, 0.1) is 5.82 Å². The summed E-state index contributed by atoms with van der Waals surface area (Å²) in [5.41, 5.74) is 12.5. The lowest BCUT2D eigenvalue weighted by atomic mass is 10.1. The Kier molecular flexibility index (Phi) is 3.74. The van der Waals surface area contributed by atoms with Gasteiger partial charge in [0.2, 0.25) is 0 Å². The summed E-state index contributed by atoms with van der Waals surface area (Å²) in [6.07, 6.45) is 0. The SMILES string of the molecule is COc1ccc(Nc2ccc(N)c(C(N)=O)c2)cc1F. The number of primary amides is 1. The number of carbonyl (C=O) groups is 1. The summed E-state index contributed by atoms with van der Waals surface area (Å²) >= 11 is 0. The highest BCUT2D eigenvalue weighted by Crippen LogP contribution is 2.25. The summed E-state index contributed by atoms with van der Waals surface area (Å²) < 4.78 is 18.4. The molecule has 0 radical (unpaired) electrons. The molecule has 2 aromatic rings. The van der Waals surface area contributed by atoms with Crippen LogP contribution in [0.15, 0.2) is 36.4 Å². The molecular weight excluding hydrogens is 261 g/mol. The summed E-state index contributed by atoms with van der Waals surface area (Å²) in [6, 6.07) is 9.19. The van der Waals surface area contributed by atoms with Crippen molar-refractivity contribution in [1.29, 1.82) is 0 Å². The first-order valence-electron chi connectivity index (χ1n) is 5.81. The van der Waals surface area contributed by atoms with E-state index in [2.05, 4.69) is 5.32 Å². The van der Waals surface area contributed by atoms with Crippen LogP contribution >= 0.6 is 0 Å². The second-order valence-electron chi connectivity index (χ2n) is 4.14. The van der Waals surface area contributed by atoms with Crippen LogP contribution in [0.2, 0.25) is 0 Å². The number of nitrogen functional groups attached to an aromatic ring is 1. The molecule has 2 aromatic carbocycles. The number of rotatable bonds is 4. The van der Waals surface area contributed by atoms with E-state index in [1.165, 1.54) is 25.3 Å². The number of methoxy groups -OCH3 is 1. The number of amides is 1. The van der Waals surface area contributed by atoms with Crippen molar-refractivity contribution in [2.45, 2.75) is 0 Å². The van der Waals surface area contributed by atoms with Gasteiger partial charge in [0.15, 0.2) is 11.6 Å². The topological polar surface area (TPSA) is 90.4 Å². The van der Waals surface area contributed by atoms with Crippen molar-refractivity contribution < 1.29 is 13.9 Å². The zero-order valence-electron chi connectivity index (χ0n) is 10.8. The van der Waals surface area contributed by atoms with Crippen LogP contribution in [0.4, 0.5) is 21.5 Å². The summed E-state index contributed by atoms with van der Waals surface area (Å²) in [7, 11) is 1.39. The Hall–Kier alpha value is -2.76. The second kappa shape index (κ2) is 5.48. The van der Waals surface area contributed by atoms with Gasteiger partial charge >= 0.3 is 0 Å². The largest absolute Gasteiger partial charge is 0.494 e. The third-order valence-electron chi connectivity index (χ3n) is 2.76. The predicted octanol–water partition coefficient (Wildman–Crippen LogP) is 2.26. The molecule has 0 aliphatic heterocycles. The minimum Gasteiger partial charge on any atom is -0.494 e. The molecule has 6 heteroatoms. The van der Waals surface area contributed by atoms with Crippen molar-refractivity contribution in [2.75, 3.05) is 18.2 Å². The van der Waals surface area contributed by atoms with Gasteiger partial charge in [-0.2, -0.15) is 0 Å². The van der Waals surface area contributed by atoms with Crippen molar-refractivity contribution in [3.05, 3.63) is 47.8 Å². The number of nitrogens with two attached hydrogens (primary N) is 2. The lowest BCUT2D eigenvalue weighted by Gasteiger charge is -2.10. The summed E-state index contributed by atoms with van der Waals surface area (Å²) in [6.45, 7) is 0. The number of hydrogen-bond donors (Lipinski definition) is 3. The van der Waals surface area contributed by atoms with Gasteiger partial charge in [-0.1, -0.05) is 0 Å². The molecule has 104 valence electrons. The maximum Gasteiger partial charge on any atom is 0.250 e. The van der Waals surface area contributed by atoms with Crippen LogP contribution in [-0.4, -0.2) is 13.0 Å². The quantitative estimate of drug-likeness (QED) is 0.746. The van der Waals surface area contributed by atoms with Crippen molar-refractivity contribution in [1.82, 2.24) is 0 Å². The molecule has 0 unspecified atom stereocenters. The van der Waals surface area contributed by atoms with Gasteiger partial charge in [0.1, 0.15) is 0 Å². The van der Waals surface area contributed by atoms with Gasteiger partial charge < -0.3 is 21.5 Å². The highest BCUT2D eigenvalue weighted by molar-refractivity contribution is 5.99. The highest BCUT2D eigenvalue weighted by Gasteiger charge is 2.08. The molecule has 0 aliphatic rings. The van der Waals surface area contributed by atoms with E-state index in [1.807, 2.05) is 0 Å². The van der Waals surface area contributed by atoms with Gasteiger partial charge in [-0.05, 0) is 30.3 Å². The normalized spacial score (nSPS) is 10.1. The van der Waals surface area contributed by atoms with Crippen LogP contribution in [-0.2, 0) is 0 Å². The van der Waals surface area contributed by atoms with Crippen LogP contribution in [0.3, 0.4) is 0 Å². The van der Waals surface area contributed by atoms with E-state index in [0.29, 0.717) is 17.1 Å². The second-order valence-corrected chi connectivity index (χ2v) is 4.14. The smallest absolute Gasteiger partial charge is 0.250 e. The number of anilines is 3. The average molecular weight is 275 g/mol. The molecule has 0 fully saturated rings. The molecule has 5 nitrogen and oxygen atoms in total. The van der Waals surface area contributed by atoms with Gasteiger partial charge in [0, 0.05) is 23.1 Å². The molecule has 0 aromatic heterocycles. The molecule has 0 saturated heterocycles. The molecule has 0 aliphatic carbocycles. The van der Waals surface area contributed by atoms with E-state index in [-0.39, 0.29) is 11.3 Å². The zero-order valence-corrected chi connectivity index (χ0v) is 10.8. The van der Waals surface area contributed by atoms with Gasteiger partial charge in [-0.15, -0.1) is 0 Å². The van der Waals surface area contributed by atoms with E-state index in [0.717, 1.165) is 0 Å². The van der Waals surface area contributed by atoms with E-state index >= 15 is 0 Å². The Morgan fingerprint density at radius 3 is 2.45 bits per heavy atom. The van der Waals surface area contributed by atoms with E-state index in [4.69, 9.17) is 16.2 Å². The number of ether oxygens (including phenoxy) is 1. The Labute approximate surface area is 115 Å². The van der Waals surface area contributed by atoms with Gasteiger partial charge in [-0.25, -0.2) is 4.39 Å². The lowest BCUT2D eigenvalue weighted by Crippen LogP contribution is -2.13. The Balaban J connectivity index is 2.28. The standard InChI is InChI=1S/C14H14FN3O2/c1-20-13-5-3-9(7-11(13)15)18-8-2-4-12(16)10(6-8)14(17)19/h2-7,18H,16H2,1H3,(H2,17,19). The zero-order chi connectivity index (χ0) is 14.7. The molecule has 0 heterocycles. The predicted molar refractivity (Wildman–Crippen MR) is 75.6 cm³/mol. The molecular formula is C14H14FN3O2. The number of nitrogens with one attached hydrogen (secondary N) is 1. The van der Waals surface area contributed by atoms with Crippen LogP contribution < -0.4 is 21.5 Å². The number of benzene rings is 2. The van der Waals surface area contributed by atoms with Crippen molar-refractivity contribution >= 4 is 23.0 Å². The highest BCUT2D eigenvalue weighted by atomic mass is 19.1. The first-order chi connectivity index (χ1) is 9.51. The Morgan fingerprint density at radius 2 is 1.85 bits per heavy atom. The fourth-order valence-corrected chi connectivity index (χ4v) is 1.76. The number of carbonyl (C=O) groups excluding carboxylic acids is 1. The van der Waals surface area contributed by atoms with Crippen molar-refractivity contribution in [2.24, 2.45) is 5.73 Å². The molecule has 5 N–H and O–H groups in total. The monoisotopic (exact) mass is 275 g/mol. The van der Waals surface area contributed by atoms with Crippen LogP contribution in [0.1, 0.15) is 10.4 Å². The van der Waals surface area contributed by atoms with Gasteiger partial charge in [-0.3, -0.25) is 4.79 Å². The molecule has 0 bridgehead atoms. The van der Waals surface area contributed by atoms with Gasteiger partial charge in [0.05, 0.1) is 12.7 Å². The van der Waals surface area contributed by atoms with Crippen LogP contribution in [0.5, 0.6) is 5.75 Å². The third-order valence-corrected chi connectivity index (χ3v) is 2.76. The van der Waals surface area contributed by atoms with E-state index < -0.39 is 11.7 Å². The van der Waals surface area contributed by atoms with E-state index in [1.54, 1.807) is 18.2 Å². The molecule has 1 amide bonds. The fraction of sp³-hybridized carbons (Fsp3) is 0.0714. The van der Waals surface area contributed by atoms with E-state index in [9.17, 15) is 9.18 Å². The summed E-state index contributed by atoms with van der Waals surface area (Å²) in [5.74, 6) is -0.944. The molecule has 0 atom stereocenters. The Bertz CT molecular complexity index is 659. The maximum absolute atomic E-state index is 13.6. The Morgan fingerprint density at radius 1 is 1.20 bits per heavy atom. The minimum atomic E-state index is -0.618. The molecule has 20 heavy (non-hydrogen) atoms. The lowest BCUT2D eigenvalue weighted by molar-refractivity contribution is 0.100. The molecule has 0 saturated carbocycles. The first-order valence-corrected chi connectivity index (χ1v) is 5.81. The minimum absolute atomic E-state index is 0.158. The third kappa shape index (κ3) is 2.80. The maximum atomic E-state index is 13.6. The van der Waals surface area contributed by atoms with Crippen molar-refractivity contribution in [3.63, 3.8) is 0 Å². The molecule has 2 rings (SSSR count). The van der Waals surface area contributed by atoms with Gasteiger partial charge in [0.25, 0.3) is 5.91 Å². The fourth-order valence-electron chi connectivity index (χ4n) is 1.76. The van der Waals surface area contributed by atoms with Crippen LogP contribution in [0.25, 0.3) is 0 Å². The molecule has 0 spiro atoms. The summed E-state index contributed by atoms with van der Waals surface area (Å²) in [4.78, 5) is 11.2. The first kappa shape index (κ1) is 13.7. The number of hydrogen-bond acceptors (Lipinski definition) is 4.